The van der Waals surface area contributed by atoms with Crippen molar-refractivity contribution in [1.29, 1.82) is 0 Å². The summed E-state index contributed by atoms with van der Waals surface area (Å²) in [7, 11) is 0. The maximum absolute atomic E-state index is 11.5. The molecule has 2 amide bonds. The molecule has 2 N–H and O–H groups in total. The molecule has 0 aromatic carbocycles. The van der Waals surface area contributed by atoms with Crippen LogP contribution in [0.1, 0.15) is 20.3 Å². The van der Waals surface area contributed by atoms with Crippen LogP contribution in [0.3, 0.4) is 0 Å². The smallest absolute Gasteiger partial charge is 0.317 e. The van der Waals surface area contributed by atoms with Crippen LogP contribution in [0.5, 0.6) is 0 Å². The monoisotopic (exact) mass is 185 g/mol. The minimum absolute atomic E-state index is 0.0682. The first-order valence-corrected chi connectivity index (χ1v) is 5.04. The summed E-state index contributed by atoms with van der Waals surface area (Å²) in [5.74, 6) is 0. The van der Waals surface area contributed by atoms with Crippen LogP contribution in [0.25, 0.3) is 0 Å². The van der Waals surface area contributed by atoms with E-state index >= 15 is 0 Å². The molecule has 0 aromatic heterocycles. The molecule has 1 rings (SSSR count). The van der Waals surface area contributed by atoms with Gasteiger partial charge in [-0.15, -0.1) is 0 Å². The standard InChI is InChI=1S/C9H19N3O/c1-3-12(4-2)9(13)11-8-5-6-10-7-8/h8,10H,3-7H2,1-2H3,(H,11,13). The van der Waals surface area contributed by atoms with Gasteiger partial charge in [0.15, 0.2) is 0 Å². The zero-order valence-electron chi connectivity index (χ0n) is 8.47. The highest BCUT2D eigenvalue weighted by atomic mass is 16.2. The van der Waals surface area contributed by atoms with E-state index in [0.717, 1.165) is 32.6 Å². The van der Waals surface area contributed by atoms with Crippen molar-refractivity contribution in [2.75, 3.05) is 26.2 Å². The van der Waals surface area contributed by atoms with Gasteiger partial charge in [0.1, 0.15) is 0 Å². The van der Waals surface area contributed by atoms with Crippen LogP contribution in [0.2, 0.25) is 0 Å². The van der Waals surface area contributed by atoms with Gasteiger partial charge in [-0.2, -0.15) is 0 Å². The van der Waals surface area contributed by atoms with Crippen molar-refractivity contribution in [3.63, 3.8) is 0 Å². The minimum Gasteiger partial charge on any atom is -0.334 e. The summed E-state index contributed by atoms with van der Waals surface area (Å²) in [6.45, 7) is 7.48. The first-order valence-electron chi connectivity index (χ1n) is 5.04. The second-order valence-electron chi connectivity index (χ2n) is 3.31. The van der Waals surface area contributed by atoms with E-state index in [1.54, 1.807) is 4.90 Å². The number of urea groups is 1. The lowest BCUT2D eigenvalue weighted by Crippen LogP contribution is -2.45. The molecule has 1 saturated heterocycles. The van der Waals surface area contributed by atoms with Gasteiger partial charge in [0.2, 0.25) is 0 Å². The molecule has 4 heteroatoms. The summed E-state index contributed by atoms with van der Waals surface area (Å²) in [6.07, 6.45) is 1.05. The number of hydrogen-bond acceptors (Lipinski definition) is 2. The van der Waals surface area contributed by atoms with Crippen molar-refractivity contribution >= 4 is 6.03 Å². The Kier molecular flexibility index (Phi) is 4.02. The zero-order chi connectivity index (χ0) is 9.68. The Balaban J connectivity index is 2.29. The van der Waals surface area contributed by atoms with E-state index in [2.05, 4.69) is 10.6 Å². The van der Waals surface area contributed by atoms with Gasteiger partial charge in [-0.05, 0) is 26.8 Å². The van der Waals surface area contributed by atoms with Gasteiger partial charge in [-0.3, -0.25) is 0 Å². The Bertz CT molecular complexity index is 162. The second kappa shape index (κ2) is 5.07. The molecular formula is C9H19N3O. The van der Waals surface area contributed by atoms with Crippen LogP contribution >= 0.6 is 0 Å². The quantitative estimate of drug-likeness (QED) is 0.668. The summed E-state index contributed by atoms with van der Waals surface area (Å²) in [5.41, 5.74) is 0. The molecule has 0 spiro atoms. The van der Waals surface area contributed by atoms with Gasteiger partial charge < -0.3 is 15.5 Å². The number of nitrogens with zero attached hydrogens (tertiary/aromatic N) is 1. The van der Waals surface area contributed by atoms with E-state index in [-0.39, 0.29) is 6.03 Å². The lowest BCUT2D eigenvalue weighted by atomic mass is 10.3. The Labute approximate surface area is 79.7 Å². The van der Waals surface area contributed by atoms with Crippen molar-refractivity contribution in [3.8, 4) is 0 Å². The van der Waals surface area contributed by atoms with Crippen molar-refractivity contribution in [2.45, 2.75) is 26.3 Å². The van der Waals surface area contributed by atoms with Crippen LogP contribution in [0, 0.1) is 0 Å². The van der Waals surface area contributed by atoms with Gasteiger partial charge in [0.05, 0.1) is 0 Å². The first kappa shape index (κ1) is 10.3. The molecule has 0 bridgehead atoms. The first-order chi connectivity index (χ1) is 6.27. The van der Waals surface area contributed by atoms with Crippen molar-refractivity contribution in [1.82, 2.24) is 15.5 Å². The number of carbonyl (C=O) groups is 1. The van der Waals surface area contributed by atoms with Crippen LogP contribution < -0.4 is 10.6 Å². The van der Waals surface area contributed by atoms with E-state index in [0.29, 0.717) is 6.04 Å². The molecule has 1 heterocycles. The van der Waals surface area contributed by atoms with E-state index in [1.807, 2.05) is 13.8 Å². The highest BCUT2D eigenvalue weighted by Gasteiger charge is 2.18. The van der Waals surface area contributed by atoms with E-state index in [4.69, 9.17) is 0 Å². The molecule has 0 aliphatic carbocycles. The van der Waals surface area contributed by atoms with Crippen LogP contribution in [0.4, 0.5) is 4.79 Å². The molecule has 1 unspecified atom stereocenters. The Morgan fingerprint density at radius 3 is 2.69 bits per heavy atom. The van der Waals surface area contributed by atoms with Gasteiger partial charge in [0, 0.05) is 25.7 Å². The third-order valence-electron chi connectivity index (χ3n) is 2.44. The largest absolute Gasteiger partial charge is 0.334 e. The number of carbonyl (C=O) groups excluding carboxylic acids is 1. The number of rotatable bonds is 3. The average Bonchev–Trinajstić information content (AvgIpc) is 2.59. The molecule has 4 nitrogen and oxygen atoms in total. The fourth-order valence-corrected chi connectivity index (χ4v) is 1.55. The molecule has 1 aliphatic heterocycles. The highest BCUT2D eigenvalue weighted by molar-refractivity contribution is 5.74. The topological polar surface area (TPSA) is 44.4 Å². The minimum atomic E-state index is 0.0682. The van der Waals surface area contributed by atoms with Crippen molar-refractivity contribution < 1.29 is 4.79 Å². The molecule has 13 heavy (non-hydrogen) atoms. The van der Waals surface area contributed by atoms with Crippen molar-refractivity contribution in [2.24, 2.45) is 0 Å². The Morgan fingerprint density at radius 2 is 2.23 bits per heavy atom. The average molecular weight is 185 g/mol. The predicted octanol–water partition coefficient (Wildman–Crippen LogP) is 0.400. The van der Waals surface area contributed by atoms with Gasteiger partial charge in [-0.25, -0.2) is 4.79 Å². The lowest BCUT2D eigenvalue weighted by Gasteiger charge is -2.21. The summed E-state index contributed by atoms with van der Waals surface area (Å²) in [6, 6.07) is 0.395. The third-order valence-corrected chi connectivity index (χ3v) is 2.44. The van der Waals surface area contributed by atoms with Gasteiger partial charge in [-0.1, -0.05) is 0 Å². The third kappa shape index (κ3) is 2.88. The van der Waals surface area contributed by atoms with Crippen LogP contribution in [0.15, 0.2) is 0 Å². The van der Waals surface area contributed by atoms with Crippen LogP contribution in [-0.2, 0) is 0 Å². The molecule has 1 atom stereocenters. The number of nitrogens with one attached hydrogen (secondary N) is 2. The summed E-state index contributed by atoms with van der Waals surface area (Å²) >= 11 is 0. The SMILES string of the molecule is CCN(CC)C(=O)NC1CCNC1. The molecule has 76 valence electrons. The Morgan fingerprint density at radius 1 is 1.54 bits per heavy atom. The predicted molar refractivity (Wildman–Crippen MR) is 52.7 cm³/mol. The molecular weight excluding hydrogens is 166 g/mol. The number of amides is 2. The molecule has 0 radical (unpaired) electrons. The maximum atomic E-state index is 11.5. The van der Waals surface area contributed by atoms with Crippen LogP contribution in [-0.4, -0.2) is 43.2 Å². The molecule has 0 aromatic rings. The van der Waals surface area contributed by atoms with Gasteiger partial charge in [0.25, 0.3) is 0 Å². The summed E-state index contributed by atoms with van der Waals surface area (Å²) < 4.78 is 0. The normalized spacial score (nSPS) is 21.5. The van der Waals surface area contributed by atoms with Crippen molar-refractivity contribution in [3.05, 3.63) is 0 Å². The lowest BCUT2D eigenvalue weighted by molar-refractivity contribution is 0.200. The molecule has 1 aliphatic rings. The highest BCUT2D eigenvalue weighted by Crippen LogP contribution is 1.98. The second-order valence-corrected chi connectivity index (χ2v) is 3.31. The zero-order valence-corrected chi connectivity index (χ0v) is 8.47. The van der Waals surface area contributed by atoms with E-state index < -0.39 is 0 Å². The fraction of sp³-hybridized carbons (Fsp3) is 0.889. The van der Waals surface area contributed by atoms with E-state index in [9.17, 15) is 4.79 Å². The summed E-state index contributed by atoms with van der Waals surface area (Å²) in [4.78, 5) is 13.4. The Hall–Kier alpha value is -0.770. The van der Waals surface area contributed by atoms with Gasteiger partial charge >= 0.3 is 6.03 Å². The van der Waals surface area contributed by atoms with E-state index in [1.165, 1.54) is 0 Å². The fourth-order valence-electron chi connectivity index (χ4n) is 1.55. The molecule has 1 fully saturated rings. The molecule has 0 saturated carbocycles. The maximum Gasteiger partial charge on any atom is 0.317 e. The number of hydrogen-bond donors (Lipinski definition) is 2. The summed E-state index contributed by atoms with van der Waals surface area (Å²) in [5, 5.41) is 6.22.